The molecule has 54 heavy (non-hydrogen) atoms. The topological polar surface area (TPSA) is 94.6 Å². The van der Waals surface area contributed by atoms with Crippen LogP contribution in [0.5, 0.6) is 0 Å². The van der Waals surface area contributed by atoms with E-state index in [-0.39, 0.29) is 23.0 Å². The molecule has 0 unspecified atom stereocenters. The standard InChI is InChI=1S/C23H20O2S2.C20H8O2S2.CO2/c1-3-19-20(15-10-6-5-7-11-15)22-21(27-19)18(14-26-22)16-12-8-9-13-17(16)23(24)25-4-2;21-15-11-7-3-1-5-9(11)13-17(15)23-20-14-10-6-2-4-8-12(10)16(22)18(14)24-19(13)20;2-1-3/h5-14H,3-4H2,1-2H3;1-8H;. The number of ether oxygens (including phenoxy) is 1. The van der Waals surface area contributed by atoms with Crippen molar-refractivity contribution in [3.05, 3.63) is 139 Å². The molecule has 10 heteroatoms. The fraction of sp³-hybridized carbons (Fsp3) is 0.0909. The first-order valence-corrected chi connectivity index (χ1v) is 20.5. The molecule has 0 atom stereocenters. The summed E-state index contributed by atoms with van der Waals surface area (Å²) >= 11 is 6.67. The third-order valence-corrected chi connectivity index (χ3v) is 14.4. The SMILES string of the molecule is CCOC(=O)c1ccccc1-c1csc2c(-c3ccccc3)c(CC)sc12.O=C=O.O=c1c2ccccc2c2c1sc1c2sc2c(=O)c3ccccc3c21. The van der Waals surface area contributed by atoms with Crippen molar-refractivity contribution < 1.29 is 19.1 Å². The number of thiophene rings is 4. The number of rotatable bonds is 5. The molecule has 0 aliphatic rings. The van der Waals surface area contributed by atoms with Crippen LogP contribution in [0.4, 0.5) is 0 Å². The van der Waals surface area contributed by atoms with Gasteiger partial charge in [-0.25, -0.2) is 4.79 Å². The Hall–Kier alpha value is -5.61. The Kier molecular flexibility index (Phi) is 9.62. The van der Waals surface area contributed by atoms with Crippen molar-refractivity contribution in [1.29, 1.82) is 0 Å². The zero-order chi connectivity index (χ0) is 37.5. The van der Waals surface area contributed by atoms with Crippen molar-refractivity contribution in [3.63, 3.8) is 0 Å². The molecule has 0 aliphatic heterocycles. The van der Waals surface area contributed by atoms with Crippen molar-refractivity contribution in [3.8, 4) is 22.3 Å². The predicted molar refractivity (Wildman–Crippen MR) is 226 cm³/mol. The van der Waals surface area contributed by atoms with Crippen LogP contribution in [0.25, 0.3) is 82.8 Å². The van der Waals surface area contributed by atoms with E-state index in [0.29, 0.717) is 12.2 Å². The van der Waals surface area contributed by atoms with E-state index < -0.39 is 0 Å². The Balaban J connectivity index is 0.000000143. The van der Waals surface area contributed by atoms with Gasteiger partial charge in [-0.1, -0.05) is 104 Å². The van der Waals surface area contributed by atoms with Crippen molar-refractivity contribution in [2.45, 2.75) is 20.3 Å². The molecule has 0 saturated heterocycles. The maximum atomic E-state index is 12.7. The first kappa shape index (κ1) is 35.4. The number of aryl methyl sites for hydroxylation is 1. The molecule has 0 saturated carbocycles. The van der Waals surface area contributed by atoms with Gasteiger partial charge in [-0.15, -0.1) is 45.3 Å². The number of benzene rings is 4. The van der Waals surface area contributed by atoms with Crippen LogP contribution in [0.15, 0.2) is 118 Å². The Morgan fingerprint density at radius 3 is 1.67 bits per heavy atom. The minimum atomic E-state index is -0.261. The third-order valence-electron chi connectivity index (χ3n) is 9.39. The number of hydrogen-bond acceptors (Lipinski definition) is 10. The fourth-order valence-electron chi connectivity index (χ4n) is 7.14. The van der Waals surface area contributed by atoms with Gasteiger partial charge in [0.25, 0.3) is 0 Å². The Morgan fingerprint density at radius 2 is 1.11 bits per heavy atom. The normalized spacial score (nSPS) is 11.2. The molecule has 0 spiro atoms. The second-order valence-corrected chi connectivity index (χ2v) is 16.3. The summed E-state index contributed by atoms with van der Waals surface area (Å²) in [5.74, 6) is -0.261. The van der Waals surface area contributed by atoms with Crippen molar-refractivity contribution >= 4 is 118 Å². The summed E-state index contributed by atoms with van der Waals surface area (Å²) in [5, 5.41) is 7.79. The van der Waals surface area contributed by atoms with Crippen LogP contribution in [0.3, 0.4) is 0 Å². The summed E-state index contributed by atoms with van der Waals surface area (Å²) < 4.78 is 11.6. The van der Waals surface area contributed by atoms with E-state index >= 15 is 0 Å². The van der Waals surface area contributed by atoms with Crippen molar-refractivity contribution in [2.75, 3.05) is 6.61 Å². The molecule has 0 radical (unpaired) electrons. The fourth-order valence-corrected chi connectivity index (χ4v) is 12.6. The van der Waals surface area contributed by atoms with Crippen LogP contribution in [-0.4, -0.2) is 18.7 Å². The maximum Gasteiger partial charge on any atom is 0.373 e. The molecule has 0 bridgehead atoms. The summed E-state index contributed by atoms with van der Waals surface area (Å²) in [6, 6.07) is 33.8. The number of fused-ring (bicyclic) bond motifs is 10. The van der Waals surface area contributed by atoms with E-state index in [2.05, 4.69) is 36.6 Å². The zero-order valence-corrected chi connectivity index (χ0v) is 32.2. The number of hydrogen-bond donors (Lipinski definition) is 0. The van der Waals surface area contributed by atoms with Crippen LogP contribution in [0, 0.1) is 0 Å². The minimum absolute atomic E-state index is 0.111. The van der Waals surface area contributed by atoms with E-state index in [1.807, 2.05) is 97.1 Å². The molecule has 10 aromatic rings. The van der Waals surface area contributed by atoms with Gasteiger partial charge < -0.3 is 4.74 Å². The predicted octanol–water partition coefficient (Wildman–Crippen LogP) is 11.6. The monoisotopic (exact) mass is 780 g/mol. The van der Waals surface area contributed by atoms with Gasteiger partial charge in [0, 0.05) is 42.9 Å². The summed E-state index contributed by atoms with van der Waals surface area (Å²) in [5.41, 5.74) is 5.52. The third kappa shape index (κ3) is 5.71. The van der Waals surface area contributed by atoms with Gasteiger partial charge in [0.1, 0.15) is 0 Å². The molecule has 6 nitrogen and oxygen atoms in total. The molecular weight excluding hydrogens is 753 g/mol. The zero-order valence-electron chi connectivity index (χ0n) is 28.9. The molecule has 0 fully saturated rings. The summed E-state index contributed by atoms with van der Waals surface area (Å²) in [6.45, 7) is 4.42. The average Bonchev–Trinajstić information content (AvgIpc) is 4.03. The van der Waals surface area contributed by atoms with Crippen LogP contribution in [0.1, 0.15) is 29.1 Å². The number of esters is 1. The highest BCUT2D eigenvalue weighted by molar-refractivity contribution is 7.37. The second kappa shape index (κ2) is 14.7. The van der Waals surface area contributed by atoms with Gasteiger partial charge >= 0.3 is 12.1 Å². The molecule has 4 heterocycles. The summed E-state index contributed by atoms with van der Waals surface area (Å²) in [6.07, 6.45) is 1.25. The lowest BCUT2D eigenvalue weighted by molar-refractivity contribution is -0.191. The first-order chi connectivity index (χ1) is 26.4. The quantitative estimate of drug-likeness (QED) is 0.161. The molecule has 264 valence electrons. The molecule has 10 rings (SSSR count). The van der Waals surface area contributed by atoms with Crippen molar-refractivity contribution in [2.24, 2.45) is 0 Å². The van der Waals surface area contributed by atoms with Gasteiger partial charge in [0.15, 0.2) is 0 Å². The Labute approximate surface area is 323 Å². The smallest absolute Gasteiger partial charge is 0.373 e. The van der Waals surface area contributed by atoms with Crippen LogP contribution in [-0.2, 0) is 20.7 Å². The minimum Gasteiger partial charge on any atom is -0.462 e. The highest BCUT2D eigenvalue weighted by Crippen LogP contribution is 2.49. The lowest BCUT2D eigenvalue weighted by Crippen LogP contribution is -2.06. The summed E-state index contributed by atoms with van der Waals surface area (Å²) in [4.78, 5) is 55.5. The van der Waals surface area contributed by atoms with E-state index in [9.17, 15) is 14.4 Å². The molecule has 0 N–H and O–H groups in total. The van der Waals surface area contributed by atoms with Gasteiger partial charge in [-0.05, 0) is 41.3 Å². The van der Waals surface area contributed by atoms with E-state index in [0.717, 1.165) is 68.7 Å². The highest BCUT2D eigenvalue weighted by Gasteiger charge is 2.24. The van der Waals surface area contributed by atoms with Crippen LogP contribution in [0.2, 0.25) is 0 Å². The Morgan fingerprint density at radius 1 is 0.593 bits per heavy atom. The molecule has 0 amide bonds. The number of carbonyl (C=O) groups excluding carboxylic acids is 3. The van der Waals surface area contributed by atoms with Crippen LogP contribution < -0.4 is 10.9 Å². The first-order valence-electron chi connectivity index (χ1n) is 17.1. The molecule has 0 aliphatic carbocycles. The van der Waals surface area contributed by atoms with E-state index in [1.165, 1.54) is 48.1 Å². The summed E-state index contributed by atoms with van der Waals surface area (Å²) in [7, 11) is 0. The number of carbonyl (C=O) groups is 1. The van der Waals surface area contributed by atoms with E-state index in [1.54, 1.807) is 11.3 Å². The van der Waals surface area contributed by atoms with Crippen LogP contribution >= 0.6 is 45.3 Å². The second-order valence-electron chi connectivity index (χ2n) is 12.3. The van der Waals surface area contributed by atoms with Gasteiger partial charge in [0.05, 0.1) is 40.4 Å². The largest absolute Gasteiger partial charge is 0.462 e. The van der Waals surface area contributed by atoms with Gasteiger partial charge in [-0.3, -0.25) is 9.59 Å². The van der Waals surface area contributed by atoms with E-state index in [4.69, 9.17) is 14.3 Å². The lowest BCUT2D eigenvalue weighted by atomic mass is 10.0. The average molecular weight is 781 g/mol. The van der Waals surface area contributed by atoms with Gasteiger partial charge in [0.2, 0.25) is 10.9 Å². The molecule has 4 aromatic heterocycles. The van der Waals surface area contributed by atoms with Crippen molar-refractivity contribution in [1.82, 2.24) is 0 Å². The Bertz CT molecular complexity index is 3030. The highest BCUT2D eigenvalue weighted by atomic mass is 32.1. The molecule has 6 aromatic carbocycles. The lowest BCUT2D eigenvalue weighted by Gasteiger charge is -2.07. The molecular formula is C44H28O6S4. The van der Waals surface area contributed by atoms with Gasteiger partial charge in [-0.2, -0.15) is 9.59 Å². The maximum absolute atomic E-state index is 12.7.